The quantitative estimate of drug-likeness (QED) is 0.641. The van der Waals surface area contributed by atoms with Crippen LogP contribution in [-0.2, 0) is 10.0 Å². The Hall–Kier alpha value is -1.38. The molecule has 1 rings (SSSR count). The first-order valence-corrected chi connectivity index (χ1v) is 6.20. The van der Waals surface area contributed by atoms with Gasteiger partial charge in [0.1, 0.15) is 10.7 Å². The molecule has 0 aliphatic heterocycles. The van der Waals surface area contributed by atoms with Crippen LogP contribution in [0.15, 0.2) is 29.2 Å². The number of hydrogen-bond acceptors (Lipinski definition) is 2. The standard InChI is InChI=1S/C11H12FNO2S/c1-2-3-6-9-13-16(14,15)11-8-5-4-7-10(11)12/h4-5,7-8,13H,6,9H2,1H3. The van der Waals surface area contributed by atoms with Crippen LogP contribution >= 0.6 is 0 Å². The monoisotopic (exact) mass is 241 g/mol. The van der Waals surface area contributed by atoms with E-state index in [1.807, 2.05) is 0 Å². The summed E-state index contributed by atoms with van der Waals surface area (Å²) in [7, 11) is -3.76. The SMILES string of the molecule is CC#CCCNS(=O)(=O)c1ccccc1F. The van der Waals surface area contributed by atoms with Gasteiger partial charge in [-0.1, -0.05) is 12.1 Å². The van der Waals surface area contributed by atoms with Gasteiger partial charge >= 0.3 is 0 Å². The van der Waals surface area contributed by atoms with Crippen molar-refractivity contribution in [2.45, 2.75) is 18.2 Å². The summed E-state index contributed by atoms with van der Waals surface area (Å²) in [5, 5.41) is 0. The van der Waals surface area contributed by atoms with E-state index in [-0.39, 0.29) is 11.4 Å². The molecule has 0 aromatic heterocycles. The molecule has 0 atom stereocenters. The lowest BCUT2D eigenvalue weighted by Gasteiger charge is -2.05. The van der Waals surface area contributed by atoms with Gasteiger partial charge in [-0.25, -0.2) is 17.5 Å². The molecule has 0 amide bonds. The number of sulfonamides is 1. The van der Waals surface area contributed by atoms with Gasteiger partial charge in [0, 0.05) is 13.0 Å². The predicted molar refractivity (Wildman–Crippen MR) is 59.7 cm³/mol. The summed E-state index contributed by atoms with van der Waals surface area (Å²) in [6, 6.07) is 5.25. The fraction of sp³-hybridized carbons (Fsp3) is 0.273. The number of hydrogen-bond donors (Lipinski definition) is 1. The van der Waals surface area contributed by atoms with Gasteiger partial charge in [-0.15, -0.1) is 11.8 Å². The van der Waals surface area contributed by atoms with Crippen LogP contribution in [0.3, 0.4) is 0 Å². The van der Waals surface area contributed by atoms with Crippen LogP contribution in [0.2, 0.25) is 0 Å². The summed E-state index contributed by atoms with van der Waals surface area (Å²) in [4.78, 5) is -0.334. The highest BCUT2D eigenvalue weighted by atomic mass is 32.2. The van der Waals surface area contributed by atoms with Gasteiger partial charge in [-0.05, 0) is 19.1 Å². The molecule has 0 unspecified atom stereocenters. The molecule has 0 radical (unpaired) electrons. The molecule has 1 N–H and O–H groups in total. The van der Waals surface area contributed by atoms with Gasteiger partial charge in [0.15, 0.2) is 0 Å². The molecule has 86 valence electrons. The van der Waals surface area contributed by atoms with E-state index in [1.165, 1.54) is 18.2 Å². The van der Waals surface area contributed by atoms with Crippen LogP contribution in [0.4, 0.5) is 4.39 Å². The van der Waals surface area contributed by atoms with Crippen molar-refractivity contribution in [1.29, 1.82) is 0 Å². The molecule has 0 saturated carbocycles. The van der Waals surface area contributed by atoms with Crippen molar-refractivity contribution in [2.24, 2.45) is 0 Å². The fourth-order valence-electron chi connectivity index (χ4n) is 1.11. The fourth-order valence-corrected chi connectivity index (χ4v) is 2.22. The Bertz CT molecular complexity index is 514. The second-order valence-electron chi connectivity index (χ2n) is 3.00. The van der Waals surface area contributed by atoms with Crippen LogP contribution in [0.25, 0.3) is 0 Å². The van der Waals surface area contributed by atoms with E-state index in [0.29, 0.717) is 6.42 Å². The zero-order chi connectivity index (χ0) is 12.0. The summed E-state index contributed by atoms with van der Waals surface area (Å²) < 4.78 is 38.7. The Morgan fingerprint density at radius 2 is 2.06 bits per heavy atom. The number of rotatable bonds is 4. The lowest BCUT2D eigenvalue weighted by Crippen LogP contribution is -2.25. The number of benzene rings is 1. The Balaban J connectivity index is 2.78. The molecule has 0 aliphatic rings. The van der Waals surface area contributed by atoms with Crippen LogP contribution in [0.1, 0.15) is 13.3 Å². The number of nitrogens with one attached hydrogen (secondary N) is 1. The zero-order valence-corrected chi connectivity index (χ0v) is 9.64. The van der Waals surface area contributed by atoms with E-state index in [1.54, 1.807) is 6.92 Å². The Labute approximate surface area is 94.7 Å². The van der Waals surface area contributed by atoms with Gasteiger partial charge in [0.2, 0.25) is 10.0 Å². The van der Waals surface area contributed by atoms with E-state index < -0.39 is 15.8 Å². The average molecular weight is 241 g/mol. The molecule has 16 heavy (non-hydrogen) atoms. The molecule has 1 aromatic rings. The maximum Gasteiger partial charge on any atom is 0.243 e. The molecule has 3 nitrogen and oxygen atoms in total. The Morgan fingerprint density at radius 1 is 1.38 bits per heavy atom. The van der Waals surface area contributed by atoms with Crippen LogP contribution in [0.5, 0.6) is 0 Å². The van der Waals surface area contributed by atoms with E-state index in [4.69, 9.17) is 0 Å². The van der Waals surface area contributed by atoms with Crippen molar-refractivity contribution in [3.63, 3.8) is 0 Å². The van der Waals surface area contributed by atoms with E-state index in [9.17, 15) is 12.8 Å². The molecule has 0 bridgehead atoms. The summed E-state index contributed by atoms with van der Waals surface area (Å²) in [6.45, 7) is 1.85. The minimum absolute atomic E-state index is 0.178. The van der Waals surface area contributed by atoms with Crippen molar-refractivity contribution in [1.82, 2.24) is 4.72 Å². The second-order valence-corrected chi connectivity index (χ2v) is 4.74. The smallest absolute Gasteiger partial charge is 0.210 e. The van der Waals surface area contributed by atoms with Crippen molar-refractivity contribution in [3.8, 4) is 11.8 Å². The first-order valence-electron chi connectivity index (χ1n) is 4.72. The molecule has 0 saturated heterocycles. The molecular formula is C11H12FNO2S. The lowest BCUT2D eigenvalue weighted by molar-refractivity contribution is 0.557. The molecule has 1 aromatic carbocycles. The van der Waals surface area contributed by atoms with Gasteiger partial charge < -0.3 is 0 Å². The Morgan fingerprint density at radius 3 is 2.69 bits per heavy atom. The van der Waals surface area contributed by atoms with Crippen LogP contribution in [0, 0.1) is 17.7 Å². The van der Waals surface area contributed by atoms with Crippen molar-refractivity contribution in [3.05, 3.63) is 30.1 Å². The molecule has 0 heterocycles. The molecule has 0 spiro atoms. The van der Waals surface area contributed by atoms with E-state index in [0.717, 1.165) is 6.07 Å². The third kappa shape index (κ3) is 3.33. The van der Waals surface area contributed by atoms with Gasteiger partial charge in [-0.2, -0.15) is 0 Å². The minimum Gasteiger partial charge on any atom is -0.210 e. The highest BCUT2D eigenvalue weighted by molar-refractivity contribution is 7.89. The highest BCUT2D eigenvalue weighted by Crippen LogP contribution is 2.12. The first-order chi connectivity index (χ1) is 7.58. The lowest BCUT2D eigenvalue weighted by atomic mass is 10.4. The topological polar surface area (TPSA) is 46.2 Å². The summed E-state index contributed by atoms with van der Waals surface area (Å²) in [6.07, 6.45) is 0.407. The molecule has 0 fully saturated rings. The van der Waals surface area contributed by atoms with Crippen molar-refractivity contribution in [2.75, 3.05) is 6.54 Å². The van der Waals surface area contributed by atoms with Gasteiger partial charge in [0.25, 0.3) is 0 Å². The summed E-state index contributed by atoms with van der Waals surface area (Å²) >= 11 is 0. The Kier molecular flexibility index (Phi) is 4.47. The summed E-state index contributed by atoms with van der Waals surface area (Å²) in [5.74, 6) is 4.61. The highest BCUT2D eigenvalue weighted by Gasteiger charge is 2.16. The molecule has 5 heteroatoms. The van der Waals surface area contributed by atoms with E-state index >= 15 is 0 Å². The molecular weight excluding hydrogens is 229 g/mol. The van der Waals surface area contributed by atoms with Gasteiger partial charge in [0.05, 0.1) is 0 Å². The van der Waals surface area contributed by atoms with Crippen LogP contribution < -0.4 is 4.72 Å². The first kappa shape index (κ1) is 12.7. The molecule has 0 aliphatic carbocycles. The maximum absolute atomic E-state index is 13.2. The maximum atomic E-state index is 13.2. The second kappa shape index (κ2) is 5.64. The van der Waals surface area contributed by atoms with Crippen molar-refractivity contribution >= 4 is 10.0 Å². The zero-order valence-electron chi connectivity index (χ0n) is 8.83. The van der Waals surface area contributed by atoms with Gasteiger partial charge in [-0.3, -0.25) is 0 Å². The number of halogens is 1. The normalized spacial score (nSPS) is 10.6. The average Bonchev–Trinajstić information content (AvgIpc) is 2.25. The third-order valence-electron chi connectivity index (χ3n) is 1.85. The summed E-state index contributed by atoms with van der Waals surface area (Å²) in [5.41, 5.74) is 0. The minimum atomic E-state index is -3.76. The van der Waals surface area contributed by atoms with E-state index in [2.05, 4.69) is 16.6 Å². The largest absolute Gasteiger partial charge is 0.243 e. The van der Waals surface area contributed by atoms with Crippen LogP contribution in [-0.4, -0.2) is 15.0 Å². The van der Waals surface area contributed by atoms with Crippen molar-refractivity contribution < 1.29 is 12.8 Å². The third-order valence-corrected chi connectivity index (χ3v) is 3.34. The predicted octanol–water partition coefficient (Wildman–Crippen LogP) is 1.52.